The number of para-hydroxylation sites is 1. The average molecular weight is 370 g/mol. The molecule has 4 rings (SSSR count). The van der Waals surface area contributed by atoms with Gasteiger partial charge >= 0.3 is 0 Å². The van der Waals surface area contributed by atoms with Crippen LogP contribution < -0.4 is 10.6 Å². The fourth-order valence-electron chi connectivity index (χ4n) is 2.81. The number of nitrogens with one attached hydrogen (secondary N) is 2. The molecule has 1 amide bonds. The van der Waals surface area contributed by atoms with Crippen molar-refractivity contribution in [3.63, 3.8) is 0 Å². The van der Waals surface area contributed by atoms with E-state index in [2.05, 4.69) is 32.3 Å². The van der Waals surface area contributed by atoms with E-state index < -0.39 is 0 Å². The van der Waals surface area contributed by atoms with Gasteiger partial charge in [0.1, 0.15) is 0 Å². The summed E-state index contributed by atoms with van der Waals surface area (Å²) in [5.41, 5.74) is 3.34. The summed E-state index contributed by atoms with van der Waals surface area (Å²) in [7, 11) is 0. The molecule has 28 heavy (non-hydrogen) atoms. The summed E-state index contributed by atoms with van der Waals surface area (Å²) < 4.78 is 1.81. The molecule has 0 spiro atoms. The number of aromatic nitrogens is 4. The van der Waals surface area contributed by atoms with Gasteiger partial charge in [-0.1, -0.05) is 36.9 Å². The molecular weight excluding hydrogens is 352 g/mol. The summed E-state index contributed by atoms with van der Waals surface area (Å²) in [6, 6.07) is 17.3. The van der Waals surface area contributed by atoms with E-state index in [1.54, 1.807) is 12.4 Å². The molecule has 0 aliphatic heterocycles. The van der Waals surface area contributed by atoms with Gasteiger partial charge in [-0.25, -0.2) is 9.67 Å². The zero-order chi connectivity index (χ0) is 19.3. The van der Waals surface area contributed by atoms with Gasteiger partial charge in [-0.05, 0) is 35.9 Å². The number of benzene rings is 2. The molecule has 4 aromatic rings. The van der Waals surface area contributed by atoms with Crippen molar-refractivity contribution in [1.82, 2.24) is 19.7 Å². The van der Waals surface area contributed by atoms with Crippen LogP contribution >= 0.6 is 0 Å². The molecule has 138 valence electrons. The molecule has 2 heterocycles. The summed E-state index contributed by atoms with van der Waals surface area (Å²) in [4.78, 5) is 20.5. The van der Waals surface area contributed by atoms with Crippen LogP contribution in [0.5, 0.6) is 0 Å². The van der Waals surface area contributed by atoms with E-state index in [1.165, 1.54) is 6.08 Å². The Labute approximate surface area is 161 Å². The van der Waals surface area contributed by atoms with Gasteiger partial charge in [0.15, 0.2) is 5.65 Å². The Bertz CT molecular complexity index is 1140. The maximum Gasteiger partial charge on any atom is 0.247 e. The molecule has 2 aromatic heterocycles. The van der Waals surface area contributed by atoms with E-state index >= 15 is 0 Å². The number of hydrogen-bond donors (Lipinski definition) is 2. The molecule has 0 saturated carbocycles. The molecule has 7 heteroatoms. The van der Waals surface area contributed by atoms with Crippen LogP contribution in [0.3, 0.4) is 0 Å². The number of hydrogen-bond acceptors (Lipinski definition) is 5. The van der Waals surface area contributed by atoms with Crippen LogP contribution in [0.2, 0.25) is 0 Å². The lowest BCUT2D eigenvalue weighted by molar-refractivity contribution is -0.111. The van der Waals surface area contributed by atoms with Crippen LogP contribution in [0.15, 0.2) is 79.6 Å². The number of fused-ring (bicyclic) bond motifs is 1. The predicted octanol–water partition coefficient (Wildman–Crippen LogP) is 3.74. The zero-order valence-corrected chi connectivity index (χ0v) is 15.0. The molecule has 0 atom stereocenters. The number of amides is 1. The van der Waals surface area contributed by atoms with Gasteiger partial charge in [0.25, 0.3) is 0 Å². The highest BCUT2D eigenvalue weighted by Gasteiger charge is 2.08. The molecule has 0 bridgehead atoms. The maximum atomic E-state index is 11.5. The number of carbonyl (C=O) groups excluding carboxylic acids is 1. The molecule has 0 unspecified atom stereocenters. The molecule has 7 nitrogen and oxygen atoms in total. The Kier molecular flexibility index (Phi) is 4.79. The second kappa shape index (κ2) is 7.71. The first-order valence-electron chi connectivity index (χ1n) is 8.74. The molecule has 2 N–H and O–H groups in total. The van der Waals surface area contributed by atoms with E-state index in [0.29, 0.717) is 18.2 Å². The van der Waals surface area contributed by atoms with E-state index in [1.807, 2.05) is 59.3 Å². The van der Waals surface area contributed by atoms with E-state index in [4.69, 9.17) is 0 Å². The van der Waals surface area contributed by atoms with Crippen molar-refractivity contribution in [3.8, 4) is 0 Å². The van der Waals surface area contributed by atoms with Gasteiger partial charge in [0.2, 0.25) is 11.9 Å². The molecular formula is C21H18N6O. The Hall–Kier alpha value is -4.00. The third-order valence-corrected chi connectivity index (χ3v) is 4.12. The number of anilines is 3. The van der Waals surface area contributed by atoms with Gasteiger partial charge in [-0.2, -0.15) is 10.1 Å². The molecule has 0 aliphatic rings. The second-order valence-corrected chi connectivity index (χ2v) is 6.16. The summed E-state index contributed by atoms with van der Waals surface area (Å²) in [5, 5.41) is 11.2. The Morgan fingerprint density at radius 3 is 2.71 bits per heavy atom. The average Bonchev–Trinajstić information content (AvgIpc) is 3.11. The largest absolute Gasteiger partial charge is 0.324 e. The van der Waals surface area contributed by atoms with Crippen molar-refractivity contribution >= 4 is 34.3 Å². The topological polar surface area (TPSA) is 84.7 Å². The van der Waals surface area contributed by atoms with E-state index in [-0.39, 0.29) is 5.91 Å². The second-order valence-electron chi connectivity index (χ2n) is 6.16. The van der Waals surface area contributed by atoms with Crippen molar-refractivity contribution in [2.24, 2.45) is 0 Å². The Balaban J connectivity index is 1.59. The standard InChI is InChI=1S/C21H18N6O/c1-2-19(28)24-18-10-6-7-15(11-18)14-27-20-16(13-23-27)12-22-21(26-20)25-17-8-4-3-5-9-17/h2-13H,1,14H2,(H,24,28)(H,22,25,26). The summed E-state index contributed by atoms with van der Waals surface area (Å²) in [6.07, 6.45) is 4.73. The van der Waals surface area contributed by atoms with Crippen LogP contribution in [-0.2, 0) is 11.3 Å². The number of rotatable bonds is 6. The molecule has 0 aliphatic carbocycles. The first-order valence-corrected chi connectivity index (χ1v) is 8.74. The molecule has 0 fully saturated rings. The lowest BCUT2D eigenvalue weighted by Gasteiger charge is -2.08. The minimum Gasteiger partial charge on any atom is -0.324 e. The van der Waals surface area contributed by atoms with Gasteiger partial charge in [0.05, 0.1) is 18.1 Å². The first-order chi connectivity index (χ1) is 13.7. The van der Waals surface area contributed by atoms with Gasteiger partial charge in [0, 0.05) is 17.6 Å². The third kappa shape index (κ3) is 3.88. The van der Waals surface area contributed by atoms with E-state index in [0.717, 1.165) is 22.3 Å². The zero-order valence-electron chi connectivity index (χ0n) is 15.0. The number of nitrogens with zero attached hydrogens (tertiary/aromatic N) is 4. The lowest BCUT2D eigenvalue weighted by atomic mass is 10.2. The summed E-state index contributed by atoms with van der Waals surface area (Å²) >= 11 is 0. The summed E-state index contributed by atoms with van der Waals surface area (Å²) in [5.74, 6) is 0.263. The monoisotopic (exact) mass is 370 g/mol. The van der Waals surface area contributed by atoms with Crippen molar-refractivity contribution in [2.75, 3.05) is 10.6 Å². The smallest absolute Gasteiger partial charge is 0.247 e. The Morgan fingerprint density at radius 1 is 1.07 bits per heavy atom. The van der Waals surface area contributed by atoms with Crippen LogP contribution in [0, 0.1) is 0 Å². The number of carbonyl (C=O) groups is 1. The highest BCUT2D eigenvalue weighted by molar-refractivity contribution is 5.98. The normalized spacial score (nSPS) is 10.6. The van der Waals surface area contributed by atoms with Crippen molar-refractivity contribution in [3.05, 3.63) is 85.2 Å². The van der Waals surface area contributed by atoms with Crippen molar-refractivity contribution < 1.29 is 4.79 Å². The van der Waals surface area contributed by atoms with Gasteiger partial charge in [-0.15, -0.1) is 0 Å². The predicted molar refractivity (Wildman–Crippen MR) is 109 cm³/mol. The maximum absolute atomic E-state index is 11.5. The van der Waals surface area contributed by atoms with E-state index in [9.17, 15) is 4.79 Å². The van der Waals surface area contributed by atoms with Gasteiger partial charge in [-0.3, -0.25) is 4.79 Å². The minimum absolute atomic E-state index is 0.244. The molecule has 0 radical (unpaired) electrons. The molecule has 2 aromatic carbocycles. The minimum atomic E-state index is -0.244. The van der Waals surface area contributed by atoms with Crippen molar-refractivity contribution in [2.45, 2.75) is 6.54 Å². The van der Waals surface area contributed by atoms with Gasteiger partial charge < -0.3 is 10.6 Å². The van der Waals surface area contributed by atoms with Crippen molar-refractivity contribution in [1.29, 1.82) is 0 Å². The SMILES string of the molecule is C=CC(=O)Nc1cccc(Cn2ncc3cnc(Nc4ccccc4)nc32)c1. The highest BCUT2D eigenvalue weighted by atomic mass is 16.1. The summed E-state index contributed by atoms with van der Waals surface area (Å²) in [6.45, 7) is 3.98. The molecule has 0 saturated heterocycles. The van der Waals surface area contributed by atoms with Crippen LogP contribution in [0.4, 0.5) is 17.3 Å². The quantitative estimate of drug-likeness (QED) is 0.505. The van der Waals surface area contributed by atoms with Crippen LogP contribution in [-0.4, -0.2) is 25.7 Å². The van der Waals surface area contributed by atoms with Crippen LogP contribution in [0.25, 0.3) is 11.0 Å². The first kappa shape index (κ1) is 17.4. The highest BCUT2D eigenvalue weighted by Crippen LogP contribution is 2.18. The Morgan fingerprint density at radius 2 is 1.89 bits per heavy atom. The fraction of sp³-hybridized carbons (Fsp3) is 0.0476. The fourth-order valence-corrected chi connectivity index (χ4v) is 2.81. The third-order valence-electron chi connectivity index (χ3n) is 4.12. The lowest BCUT2D eigenvalue weighted by Crippen LogP contribution is -2.08. The van der Waals surface area contributed by atoms with Crippen LogP contribution in [0.1, 0.15) is 5.56 Å².